The summed E-state index contributed by atoms with van der Waals surface area (Å²) in [6, 6.07) is 15.6. The third-order valence-electron chi connectivity index (χ3n) is 4.56. The van der Waals surface area contributed by atoms with Crippen LogP contribution in [-0.2, 0) is 9.59 Å². The van der Waals surface area contributed by atoms with Crippen LogP contribution in [0.25, 0.3) is 0 Å². The number of rotatable bonds is 9. The number of para-hydroxylation sites is 2. The second-order valence-electron chi connectivity index (χ2n) is 6.64. The maximum Gasteiger partial charge on any atom is 0.243 e. The maximum atomic E-state index is 12.7. The van der Waals surface area contributed by atoms with E-state index in [2.05, 4.69) is 15.9 Å². The van der Waals surface area contributed by atoms with Gasteiger partial charge in [-0.1, -0.05) is 40.2 Å². The highest BCUT2D eigenvalue weighted by atomic mass is 79.9. The quantitative estimate of drug-likeness (QED) is 0.311. The van der Waals surface area contributed by atoms with E-state index in [1.165, 1.54) is 0 Å². The van der Waals surface area contributed by atoms with E-state index < -0.39 is 0 Å². The van der Waals surface area contributed by atoms with Gasteiger partial charge in [-0.15, -0.1) is 11.8 Å². The van der Waals surface area contributed by atoms with Crippen molar-refractivity contribution in [3.8, 4) is 5.75 Å². The van der Waals surface area contributed by atoms with Crippen molar-refractivity contribution in [3.63, 3.8) is 0 Å². The molecular formula is C21H23BrN2O4S. The Morgan fingerprint density at radius 2 is 2.03 bits per heavy atom. The van der Waals surface area contributed by atoms with Crippen molar-refractivity contribution < 1.29 is 19.5 Å². The number of carbonyl (C=O) groups is 2. The van der Waals surface area contributed by atoms with Crippen molar-refractivity contribution in [2.24, 2.45) is 0 Å². The molecule has 0 radical (unpaired) electrons. The van der Waals surface area contributed by atoms with E-state index in [1.54, 1.807) is 17.2 Å². The summed E-state index contributed by atoms with van der Waals surface area (Å²) in [7, 11) is 0. The normalized spacial score (nSPS) is 16.1. The summed E-state index contributed by atoms with van der Waals surface area (Å²) in [4.78, 5) is 25.5. The lowest BCUT2D eigenvalue weighted by atomic mass is 10.1. The van der Waals surface area contributed by atoms with Crippen LogP contribution in [-0.4, -0.2) is 29.4 Å². The van der Waals surface area contributed by atoms with Gasteiger partial charge in [0.1, 0.15) is 11.1 Å². The molecule has 2 amide bonds. The molecule has 29 heavy (non-hydrogen) atoms. The molecule has 2 aromatic carbocycles. The number of nitrogens with zero attached hydrogens (tertiary/aromatic N) is 1. The molecule has 0 saturated carbocycles. The van der Waals surface area contributed by atoms with E-state index in [4.69, 9.17) is 9.94 Å². The zero-order valence-electron chi connectivity index (χ0n) is 15.8. The fourth-order valence-corrected chi connectivity index (χ4v) is 4.75. The number of thioether (sulfide) groups is 1. The van der Waals surface area contributed by atoms with Crippen molar-refractivity contribution in [2.75, 3.05) is 17.3 Å². The number of benzene rings is 2. The van der Waals surface area contributed by atoms with Crippen LogP contribution in [0.1, 0.15) is 36.6 Å². The number of nitrogens with one attached hydrogen (secondary N) is 1. The molecule has 1 atom stereocenters. The second kappa shape index (κ2) is 10.7. The molecule has 2 N–H and O–H groups in total. The second-order valence-corrected chi connectivity index (χ2v) is 8.63. The Kier molecular flexibility index (Phi) is 7.97. The monoisotopic (exact) mass is 478 g/mol. The lowest BCUT2D eigenvalue weighted by Gasteiger charge is -2.26. The van der Waals surface area contributed by atoms with Crippen molar-refractivity contribution in [3.05, 3.63) is 58.6 Å². The highest BCUT2D eigenvalue weighted by Gasteiger charge is 2.35. The molecule has 0 aromatic heterocycles. The number of hydroxylamine groups is 1. The van der Waals surface area contributed by atoms with Crippen molar-refractivity contribution >= 4 is 45.2 Å². The molecule has 1 heterocycles. The third kappa shape index (κ3) is 5.74. The first kappa shape index (κ1) is 21.7. The molecule has 154 valence electrons. The van der Waals surface area contributed by atoms with Crippen LogP contribution in [0.4, 0.5) is 5.69 Å². The lowest BCUT2D eigenvalue weighted by Crippen LogP contribution is -2.28. The fraction of sp³-hybridized carbons (Fsp3) is 0.333. The summed E-state index contributed by atoms with van der Waals surface area (Å²) in [5, 5.41) is 8.40. The molecule has 3 rings (SSSR count). The van der Waals surface area contributed by atoms with E-state index in [0.29, 0.717) is 31.0 Å². The fourth-order valence-electron chi connectivity index (χ4n) is 3.17. The minimum atomic E-state index is -0.375. The first-order valence-electron chi connectivity index (χ1n) is 9.44. The van der Waals surface area contributed by atoms with Crippen LogP contribution in [0.5, 0.6) is 5.75 Å². The van der Waals surface area contributed by atoms with Gasteiger partial charge in [-0.3, -0.25) is 19.7 Å². The predicted molar refractivity (Wildman–Crippen MR) is 117 cm³/mol. The van der Waals surface area contributed by atoms with Crippen LogP contribution >= 0.6 is 27.7 Å². The largest absolute Gasteiger partial charge is 0.491 e. The molecule has 2 aromatic rings. The molecule has 0 bridgehead atoms. The van der Waals surface area contributed by atoms with Crippen LogP contribution < -0.4 is 15.1 Å². The Balaban J connectivity index is 1.67. The van der Waals surface area contributed by atoms with Gasteiger partial charge in [-0.25, -0.2) is 5.48 Å². The third-order valence-corrected chi connectivity index (χ3v) is 6.26. The smallest absolute Gasteiger partial charge is 0.243 e. The maximum absolute atomic E-state index is 12.7. The molecule has 1 unspecified atom stereocenters. The highest BCUT2D eigenvalue weighted by Crippen LogP contribution is 2.45. The summed E-state index contributed by atoms with van der Waals surface area (Å²) in [5.74, 6) is 0.792. The number of unbranched alkanes of at least 4 members (excludes halogenated alkanes) is 2. The average Bonchev–Trinajstić information content (AvgIpc) is 3.12. The Labute approximate surface area is 182 Å². The van der Waals surface area contributed by atoms with Gasteiger partial charge in [0, 0.05) is 10.9 Å². The number of carbonyl (C=O) groups excluding carboxylic acids is 2. The number of anilines is 1. The van der Waals surface area contributed by atoms with Gasteiger partial charge >= 0.3 is 0 Å². The van der Waals surface area contributed by atoms with E-state index in [-0.39, 0.29) is 17.2 Å². The first-order valence-corrected chi connectivity index (χ1v) is 11.3. The standard InChI is InChI=1S/C21H23BrN2O4S/c22-16-8-6-7-15(13-16)21-24(20(26)14-29-21)17-9-3-4-10-18(17)28-12-5-1-2-11-19(25)23-27/h3-4,6-10,13,21,27H,1-2,5,11-12,14H2,(H,23,25). The zero-order valence-corrected chi connectivity index (χ0v) is 18.2. The van der Waals surface area contributed by atoms with Crippen LogP contribution in [0.15, 0.2) is 53.0 Å². The summed E-state index contributed by atoms with van der Waals surface area (Å²) in [6.07, 6.45) is 2.57. The van der Waals surface area contributed by atoms with Gasteiger partial charge in [0.2, 0.25) is 11.8 Å². The number of halogens is 1. The Morgan fingerprint density at radius 3 is 2.83 bits per heavy atom. The predicted octanol–water partition coefficient (Wildman–Crippen LogP) is 4.67. The first-order chi connectivity index (χ1) is 14.1. The van der Waals surface area contributed by atoms with Crippen LogP contribution in [0.3, 0.4) is 0 Å². The van der Waals surface area contributed by atoms with Gasteiger partial charge in [-0.2, -0.15) is 0 Å². The topological polar surface area (TPSA) is 78.9 Å². The molecule has 0 aliphatic carbocycles. The van der Waals surface area contributed by atoms with E-state index >= 15 is 0 Å². The summed E-state index contributed by atoms with van der Waals surface area (Å²) in [5.41, 5.74) is 3.47. The van der Waals surface area contributed by atoms with Crippen LogP contribution in [0, 0.1) is 0 Å². The zero-order chi connectivity index (χ0) is 20.6. The van der Waals surface area contributed by atoms with Gasteiger partial charge in [0.25, 0.3) is 0 Å². The van der Waals surface area contributed by atoms with E-state index in [1.807, 2.05) is 53.4 Å². The Bertz CT molecular complexity index is 864. The Morgan fingerprint density at radius 1 is 1.21 bits per heavy atom. The van der Waals surface area contributed by atoms with Gasteiger partial charge in [0.05, 0.1) is 18.0 Å². The van der Waals surface area contributed by atoms with E-state index in [0.717, 1.165) is 28.6 Å². The van der Waals surface area contributed by atoms with Crippen molar-refractivity contribution in [2.45, 2.75) is 31.1 Å². The van der Waals surface area contributed by atoms with Gasteiger partial charge in [-0.05, 0) is 49.1 Å². The minimum Gasteiger partial charge on any atom is -0.491 e. The minimum absolute atomic E-state index is 0.0611. The SMILES string of the molecule is O=C(CCCCCOc1ccccc1N1C(=O)CSC1c1cccc(Br)c1)NO. The molecule has 6 nitrogen and oxygen atoms in total. The molecule has 1 saturated heterocycles. The van der Waals surface area contributed by atoms with Crippen molar-refractivity contribution in [1.82, 2.24) is 5.48 Å². The van der Waals surface area contributed by atoms with Crippen LogP contribution in [0.2, 0.25) is 0 Å². The van der Waals surface area contributed by atoms with Gasteiger partial charge in [0.15, 0.2) is 0 Å². The number of hydrogen-bond donors (Lipinski definition) is 2. The van der Waals surface area contributed by atoms with Gasteiger partial charge < -0.3 is 4.74 Å². The summed E-state index contributed by atoms with van der Waals surface area (Å²) < 4.78 is 6.96. The number of ether oxygens (including phenoxy) is 1. The molecule has 1 aliphatic heterocycles. The molecule has 1 fully saturated rings. The lowest BCUT2D eigenvalue weighted by molar-refractivity contribution is -0.129. The summed E-state index contributed by atoms with van der Waals surface area (Å²) in [6.45, 7) is 0.495. The highest BCUT2D eigenvalue weighted by molar-refractivity contribution is 9.10. The van der Waals surface area contributed by atoms with E-state index in [9.17, 15) is 9.59 Å². The number of amides is 2. The molecule has 8 heteroatoms. The van der Waals surface area contributed by atoms with Crippen molar-refractivity contribution in [1.29, 1.82) is 0 Å². The number of hydrogen-bond acceptors (Lipinski definition) is 5. The molecule has 0 spiro atoms. The Hall–Kier alpha value is -2.03. The molecule has 1 aliphatic rings. The molecular weight excluding hydrogens is 456 g/mol. The summed E-state index contributed by atoms with van der Waals surface area (Å²) >= 11 is 5.11. The average molecular weight is 479 g/mol.